The molecule has 5 heteroatoms. The molecule has 0 aliphatic carbocycles. The SMILES string of the molecule is c1coc(-c2nnc(-c3c[nH]c4ccccc34)o2)c1. The average molecular weight is 251 g/mol. The predicted octanol–water partition coefficient (Wildman–Crippen LogP) is 3.48. The number of aromatic nitrogens is 3. The topological polar surface area (TPSA) is 67.8 Å². The van der Waals surface area contributed by atoms with Crippen LogP contribution in [0.25, 0.3) is 34.0 Å². The van der Waals surface area contributed by atoms with Gasteiger partial charge in [0.1, 0.15) is 0 Å². The van der Waals surface area contributed by atoms with Gasteiger partial charge in [-0.05, 0) is 18.2 Å². The molecule has 0 unspecified atom stereocenters. The van der Waals surface area contributed by atoms with E-state index in [9.17, 15) is 0 Å². The molecule has 0 aliphatic heterocycles. The van der Waals surface area contributed by atoms with Crippen molar-refractivity contribution in [2.45, 2.75) is 0 Å². The molecule has 0 amide bonds. The number of hydrogen-bond donors (Lipinski definition) is 1. The van der Waals surface area contributed by atoms with Crippen LogP contribution in [-0.4, -0.2) is 15.2 Å². The molecule has 0 atom stereocenters. The molecular formula is C14H9N3O2. The highest BCUT2D eigenvalue weighted by Crippen LogP contribution is 2.29. The van der Waals surface area contributed by atoms with E-state index in [0.717, 1.165) is 16.5 Å². The van der Waals surface area contributed by atoms with Crippen molar-refractivity contribution in [3.8, 4) is 23.1 Å². The molecule has 92 valence electrons. The summed E-state index contributed by atoms with van der Waals surface area (Å²) in [7, 11) is 0. The monoisotopic (exact) mass is 251 g/mol. The first-order valence-corrected chi connectivity index (χ1v) is 5.86. The van der Waals surface area contributed by atoms with E-state index in [1.54, 1.807) is 18.4 Å². The molecule has 0 spiro atoms. The number of fused-ring (bicyclic) bond motifs is 1. The number of H-pyrrole nitrogens is 1. The Balaban J connectivity index is 1.85. The summed E-state index contributed by atoms with van der Waals surface area (Å²) in [6, 6.07) is 11.5. The van der Waals surface area contributed by atoms with Crippen molar-refractivity contribution >= 4 is 10.9 Å². The molecule has 5 nitrogen and oxygen atoms in total. The van der Waals surface area contributed by atoms with Gasteiger partial charge in [0.25, 0.3) is 5.89 Å². The van der Waals surface area contributed by atoms with Gasteiger partial charge < -0.3 is 13.8 Å². The van der Waals surface area contributed by atoms with Gasteiger partial charge in [-0.1, -0.05) is 18.2 Å². The van der Waals surface area contributed by atoms with Gasteiger partial charge in [0.15, 0.2) is 5.76 Å². The molecule has 0 saturated heterocycles. The normalized spacial score (nSPS) is 11.2. The number of rotatable bonds is 2. The fraction of sp³-hybridized carbons (Fsp3) is 0. The molecular weight excluding hydrogens is 242 g/mol. The number of para-hydroxylation sites is 1. The molecule has 3 heterocycles. The number of aromatic amines is 1. The first kappa shape index (κ1) is 10.1. The van der Waals surface area contributed by atoms with Crippen LogP contribution in [0.4, 0.5) is 0 Å². The molecule has 1 N–H and O–H groups in total. The Morgan fingerprint density at radius 3 is 2.74 bits per heavy atom. The molecule has 0 radical (unpaired) electrons. The van der Waals surface area contributed by atoms with Gasteiger partial charge in [0.05, 0.1) is 11.8 Å². The third-order valence-electron chi connectivity index (χ3n) is 2.98. The predicted molar refractivity (Wildman–Crippen MR) is 69.3 cm³/mol. The molecule has 0 aliphatic rings. The minimum Gasteiger partial charge on any atom is -0.459 e. The second kappa shape index (κ2) is 3.84. The van der Waals surface area contributed by atoms with Crippen molar-refractivity contribution < 1.29 is 8.83 Å². The van der Waals surface area contributed by atoms with E-state index in [1.807, 2.05) is 30.5 Å². The van der Waals surface area contributed by atoms with Crippen molar-refractivity contribution in [2.24, 2.45) is 0 Å². The van der Waals surface area contributed by atoms with Crippen LogP contribution in [0.5, 0.6) is 0 Å². The van der Waals surface area contributed by atoms with E-state index in [0.29, 0.717) is 17.5 Å². The summed E-state index contributed by atoms with van der Waals surface area (Å²) in [5.41, 5.74) is 1.93. The van der Waals surface area contributed by atoms with Crippen LogP contribution >= 0.6 is 0 Å². The maximum atomic E-state index is 5.64. The van der Waals surface area contributed by atoms with Gasteiger partial charge in [0.2, 0.25) is 5.89 Å². The summed E-state index contributed by atoms with van der Waals surface area (Å²) < 4.78 is 10.9. The van der Waals surface area contributed by atoms with Crippen molar-refractivity contribution in [2.75, 3.05) is 0 Å². The Hall–Kier alpha value is -2.82. The second-order valence-corrected chi connectivity index (χ2v) is 4.14. The van der Waals surface area contributed by atoms with E-state index < -0.39 is 0 Å². The third kappa shape index (κ3) is 1.55. The van der Waals surface area contributed by atoms with E-state index in [2.05, 4.69) is 15.2 Å². The molecule has 4 rings (SSSR count). The van der Waals surface area contributed by atoms with Crippen LogP contribution in [-0.2, 0) is 0 Å². The Labute approximate surface area is 107 Å². The lowest BCUT2D eigenvalue weighted by atomic mass is 10.2. The van der Waals surface area contributed by atoms with Crippen LogP contribution in [0.15, 0.2) is 57.7 Å². The lowest BCUT2D eigenvalue weighted by Gasteiger charge is -1.91. The third-order valence-corrected chi connectivity index (χ3v) is 2.98. The van der Waals surface area contributed by atoms with Gasteiger partial charge in [-0.2, -0.15) is 0 Å². The highest BCUT2D eigenvalue weighted by atomic mass is 16.4. The fourth-order valence-electron chi connectivity index (χ4n) is 2.08. The average Bonchev–Trinajstić information content (AvgIpc) is 3.18. The van der Waals surface area contributed by atoms with E-state index in [-0.39, 0.29) is 0 Å². The zero-order chi connectivity index (χ0) is 12.7. The van der Waals surface area contributed by atoms with Crippen LogP contribution in [0, 0.1) is 0 Å². The van der Waals surface area contributed by atoms with Crippen LogP contribution in [0.3, 0.4) is 0 Å². The number of furan rings is 1. The van der Waals surface area contributed by atoms with Gasteiger partial charge >= 0.3 is 0 Å². The van der Waals surface area contributed by atoms with Gasteiger partial charge in [-0.25, -0.2) is 0 Å². The smallest absolute Gasteiger partial charge is 0.283 e. The Bertz CT molecular complexity index is 827. The number of nitrogens with zero attached hydrogens (tertiary/aromatic N) is 2. The van der Waals surface area contributed by atoms with Crippen molar-refractivity contribution in [1.29, 1.82) is 0 Å². The van der Waals surface area contributed by atoms with Crippen molar-refractivity contribution in [1.82, 2.24) is 15.2 Å². The molecule has 19 heavy (non-hydrogen) atoms. The molecule has 0 bridgehead atoms. The van der Waals surface area contributed by atoms with Crippen molar-refractivity contribution in [3.63, 3.8) is 0 Å². The molecule has 1 aromatic carbocycles. The van der Waals surface area contributed by atoms with Gasteiger partial charge in [-0.15, -0.1) is 10.2 Å². The maximum absolute atomic E-state index is 5.64. The summed E-state index contributed by atoms with van der Waals surface area (Å²) in [5, 5.41) is 9.12. The number of benzene rings is 1. The summed E-state index contributed by atoms with van der Waals surface area (Å²) in [4.78, 5) is 3.18. The summed E-state index contributed by atoms with van der Waals surface area (Å²) >= 11 is 0. The Kier molecular flexibility index (Phi) is 2.05. The summed E-state index contributed by atoms with van der Waals surface area (Å²) in [6.07, 6.45) is 3.44. The van der Waals surface area contributed by atoms with E-state index in [1.165, 1.54) is 0 Å². The maximum Gasteiger partial charge on any atom is 0.283 e. The molecule has 4 aromatic rings. The lowest BCUT2D eigenvalue weighted by molar-refractivity contribution is 0.523. The fourth-order valence-corrected chi connectivity index (χ4v) is 2.08. The Morgan fingerprint density at radius 2 is 1.84 bits per heavy atom. The molecule has 0 fully saturated rings. The number of nitrogens with one attached hydrogen (secondary N) is 1. The number of hydrogen-bond acceptors (Lipinski definition) is 4. The highest BCUT2D eigenvalue weighted by Gasteiger charge is 2.15. The highest BCUT2D eigenvalue weighted by molar-refractivity contribution is 5.93. The lowest BCUT2D eigenvalue weighted by Crippen LogP contribution is -1.74. The minimum atomic E-state index is 0.380. The Morgan fingerprint density at radius 1 is 0.947 bits per heavy atom. The van der Waals surface area contributed by atoms with Crippen LogP contribution < -0.4 is 0 Å². The van der Waals surface area contributed by atoms with E-state index in [4.69, 9.17) is 8.83 Å². The first-order chi connectivity index (χ1) is 9.42. The first-order valence-electron chi connectivity index (χ1n) is 5.86. The van der Waals surface area contributed by atoms with Crippen molar-refractivity contribution in [3.05, 3.63) is 48.9 Å². The van der Waals surface area contributed by atoms with Crippen LogP contribution in [0.1, 0.15) is 0 Å². The minimum absolute atomic E-state index is 0.380. The van der Waals surface area contributed by atoms with Gasteiger partial charge in [-0.3, -0.25) is 0 Å². The second-order valence-electron chi connectivity index (χ2n) is 4.14. The largest absolute Gasteiger partial charge is 0.459 e. The zero-order valence-electron chi connectivity index (χ0n) is 9.83. The summed E-state index contributed by atoms with van der Waals surface area (Å²) in [6.45, 7) is 0. The van der Waals surface area contributed by atoms with Gasteiger partial charge in [0, 0.05) is 17.1 Å². The molecule has 3 aromatic heterocycles. The standard InChI is InChI=1S/C14H9N3O2/c1-2-5-11-9(4-1)10(8-15-11)13-16-17-14(19-13)12-6-3-7-18-12/h1-8,15H. The zero-order valence-corrected chi connectivity index (χ0v) is 9.83. The quantitative estimate of drug-likeness (QED) is 0.592. The summed E-state index contributed by atoms with van der Waals surface area (Å²) in [5.74, 6) is 1.42. The molecule has 0 saturated carbocycles. The van der Waals surface area contributed by atoms with Crippen LogP contribution in [0.2, 0.25) is 0 Å². The van der Waals surface area contributed by atoms with E-state index >= 15 is 0 Å².